The molecule has 0 saturated heterocycles. The van der Waals surface area contributed by atoms with Crippen LogP contribution in [0, 0.1) is 11.8 Å². The predicted molar refractivity (Wildman–Crippen MR) is 104 cm³/mol. The highest BCUT2D eigenvalue weighted by atomic mass is 32.1. The van der Waals surface area contributed by atoms with Gasteiger partial charge in [0.1, 0.15) is 5.00 Å². The lowest BCUT2D eigenvalue weighted by molar-refractivity contribution is -0.147. The van der Waals surface area contributed by atoms with Crippen LogP contribution in [0.15, 0.2) is 36.4 Å². The number of thiophene rings is 1. The number of carbonyl (C=O) groups is 3. The zero-order valence-electron chi connectivity index (χ0n) is 14.8. The summed E-state index contributed by atoms with van der Waals surface area (Å²) in [6, 6.07) is 11.5. The van der Waals surface area contributed by atoms with Gasteiger partial charge in [-0.15, -0.1) is 11.3 Å². The van der Waals surface area contributed by atoms with Gasteiger partial charge in [-0.1, -0.05) is 43.2 Å². The molecule has 7 heteroatoms. The number of nitrogens with one attached hydrogen (secondary N) is 1. The van der Waals surface area contributed by atoms with Crippen molar-refractivity contribution in [2.24, 2.45) is 17.6 Å². The van der Waals surface area contributed by atoms with Crippen molar-refractivity contribution in [3.05, 3.63) is 52.4 Å². The van der Waals surface area contributed by atoms with Crippen molar-refractivity contribution in [1.29, 1.82) is 0 Å². The largest absolute Gasteiger partial charge is 0.481 e. The molecule has 1 aliphatic carbocycles. The van der Waals surface area contributed by atoms with Crippen molar-refractivity contribution >= 4 is 34.1 Å². The number of nitrogens with two attached hydrogens (primary N) is 1. The molecule has 3 rings (SSSR count). The SMILES string of the molecule is NC(=O)c1cc(Cc2ccccc2)sc1NC(=O)[C@H]1CCCC[C@@H]1C(=O)O. The van der Waals surface area contributed by atoms with E-state index in [1.54, 1.807) is 6.07 Å². The maximum Gasteiger partial charge on any atom is 0.307 e. The number of carbonyl (C=O) groups excluding carboxylic acids is 2. The van der Waals surface area contributed by atoms with Crippen LogP contribution in [0.1, 0.15) is 46.5 Å². The number of benzene rings is 1. The van der Waals surface area contributed by atoms with Gasteiger partial charge >= 0.3 is 5.97 Å². The zero-order valence-corrected chi connectivity index (χ0v) is 15.6. The molecule has 0 spiro atoms. The summed E-state index contributed by atoms with van der Waals surface area (Å²) in [6.45, 7) is 0. The van der Waals surface area contributed by atoms with E-state index >= 15 is 0 Å². The van der Waals surface area contributed by atoms with Crippen molar-refractivity contribution in [2.75, 3.05) is 5.32 Å². The molecule has 2 atom stereocenters. The second kappa shape index (κ2) is 8.35. The third kappa shape index (κ3) is 4.54. The average molecular weight is 386 g/mol. The first-order chi connectivity index (χ1) is 13.0. The average Bonchev–Trinajstić information content (AvgIpc) is 3.05. The van der Waals surface area contributed by atoms with Crippen LogP contribution in [-0.2, 0) is 16.0 Å². The Morgan fingerprint density at radius 1 is 1.11 bits per heavy atom. The van der Waals surface area contributed by atoms with Gasteiger partial charge in [0, 0.05) is 11.3 Å². The minimum atomic E-state index is -0.944. The first-order valence-corrected chi connectivity index (χ1v) is 9.77. The molecule has 1 aromatic heterocycles. The Hall–Kier alpha value is -2.67. The van der Waals surface area contributed by atoms with E-state index in [4.69, 9.17) is 5.73 Å². The molecule has 2 aromatic rings. The van der Waals surface area contributed by atoms with Crippen LogP contribution in [0.2, 0.25) is 0 Å². The number of carboxylic acids is 1. The van der Waals surface area contributed by atoms with E-state index in [0.717, 1.165) is 23.3 Å². The molecular formula is C20H22N2O4S. The van der Waals surface area contributed by atoms with Crippen molar-refractivity contribution in [3.8, 4) is 0 Å². The summed E-state index contributed by atoms with van der Waals surface area (Å²) >= 11 is 1.30. The van der Waals surface area contributed by atoms with Gasteiger partial charge in [-0.25, -0.2) is 0 Å². The summed E-state index contributed by atoms with van der Waals surface area (Å²) in [4.78, 5) is 36.9. The number of primary amides is 1. The Kier molecular flexibility index (Phi) is 5.91. The van der Waals surface area contributed by atoms with Gasteiger partial charge in [-0.2, -0.15) is 0 Å². The second-order valence-electron chi connectivity index (χ2n) is 6.81. The molecule has 0 bridgehead atoms. The molecule has 4 N–H and O–H groups in total. The van der Waals surface area contributed by atoms with Gasteiger partial charge in [0.05, 0.1) is 17.4 Å². The predicted octanol–water partition coefficient (Wildman–Crippen LogP) is 3.27. The topological polar surface area (TPSA) is 109 Å². The lowest BCUT2D eigenvalue weighted by atomic mass is 9.79. The number of anilines is 1. The van der Waals surface area contributed by atoms with Crippen LogP contribution >= 0.6 is 11.3 Å². The summed E-state index contributed by atoms with van der Waals surface area (Å²) in [5.41, 5.74) is 6.83. The molecule has 0 aliphatic heterocycles. The highest BCUT2D eigenvalue weighted by molar-refractivity contribution is 7.16. The Morgan fingerprint density at radius 3 is 2.41 bits per heavy atom. The van der Waals surface area contributed by atoms with E-state index in [-0.39, 0.29) is 11.5 Å². The number of hydrogen-bond donors (Lipinski definition) is 3. The highest BCUT2D eigenvalue weighted by Gasteiger charge is 2.36. The van der Waals surface area contributed by atoms with E-state index in [0.29, 0.717) is 24.3 Å². The first-order valence-electron chi connectivity index (χ1n) is 8.96. The van der Waals surface area contributed by atoms with Gasteiger partial charge in [-0.05, 0) is 24.5 Å². The third-order valence-corrected chi connectivity index (χ3v) is 5.98. The molecule has 6 nitrogen and oxygen atoms in total. The zero-order chi connectivity index (χ0) is 19.4. The molecule has 0 unspecified atom stereocenters. The van der Waals surface area contributed by atoms with Gasteiger partial charge in [0.25, 0.3) is 5.91 Å². The third-order valence-electron chi connectivity index (χ3n) is 4.93. The summed E-state index contributed by atoms with van der Waals surface area (Å²) in [5.74, 6) is -3.17. The van der Waals surface area contributed by atoms with Crippen molar-refractivity contribution in [2.45, 2.75) is 32.1 Å². The van der Waals surface area contributed by atoms with Gasteiger partial charge in [-0.3, -0.25) is 14.4 Å². The van der Waals surface area contributed by atoms with Gasteiger partial charge in [0.15, 0.2) is 0 Å². The quantitative estimate of drug-likeness (QED) is 0.708. The van der Waals surface area contributed by atoms with Crippen molar-refractivity contribution in [3.63, 3.8) is 0 Å². The Bertz CT molecular complexity index is 847. The standard InChI is InChI=1S/C20H22N2O4S/c21-17(23)16-11-13(10-12-6-2-1-3-7-12)27-19(16)22-18(24)14-8-4-5-9-15(14)20(25)26/h1-3,6-7,11,14-15H,4-5,8-10H2,(H2,21,23)(H,22,24)(H,25,26)/t14-,15-/m0/s1. The molecule has 27 heavy (non-hydrogen) atoms. The van der Waals surface area contributed by atoms with Gasteiger partial charge in [0.2, 0.25) is 5.91 Å². The fourth-order valence-corrected chi connectivity index (χ4v) is 4.65. The van der Waals surface area contributed by atoms with E-state index in [2.05, 4.69) is 5.32 Å². The van der Waals surface area contributed by atoms with Crippen molar-refractivity contribution < 1.29 is 19.5 Å². The minimum Gasteiger partial charge on any atom is -0.481 e. The lowest BCUT2D eigenvalue weighted by Crippen LogP contribution is -2.36. The maximum absolute atomic E-state index is 12.7. The molecule has 142 valence electrons. The molecule has 2 amide bonds. The number of aliphatic carboxylic acids is 1. The van der Waals surface area contributed by atoms with Gasteiger partial charge < -0.3 is 16.2 Å². The molecule has 0 radical (unpaired) electrons. The summed E-state index contributed by atoms with van der Waals surface area (Å²) in [5, 5.41) is 12.5. The number of rotatable bonds is 6. The van der Waals surface area contributed by atoms with Crippen molar-refractivity contribution in [1.82, 2.24) is 0 Å². The Balaban J connectivity index is 1.79. The lowest BCUT2D eigenvalue weighted by Gasteiger charge is -2.27. The number of carboxylic acid groups (broad SMARTS) is 1. The van der Waals surface area contributed by atoms with Crippen LogP contribution in [0.4, 0.5) is 5.00 Å². The second-order valence-corrected chi connectivity index (χ2v) is 7.94. The highest BCUT2D eigenvalue weighted by Crippen LogP contribution is 2.34. The van der Waals surface area contributed by atoms with Crippen LogP contribution in [0.5, 0.6) is 0 Å². The monoisotopic (exact) mass is 386 g/mol. The maximum atomic E-state index is 12.7. The smallest absolute Gasteiger partial charge is 0.307 e. The number of hydrogen-bond acceptors (Lipinski definition) is 4. The Morgan fingerprint density at radius 2 is 1.78 bits per heavy atom. The van der Waals surface area contributed by atoms with Crippen LogP contribution in [0.3, 0.4) is 0 Å². The molecule has 1 saturated carbocycles. The summed E-state index contributed by atoms with van der Waals surface area (Å²) in [7, 11) is 0. The molecule has 1 aromatic carbocycles. The fraction of sp³-hybridized carbons (Fsp3) is 0.350. The summed E-state index contributed by atoms with van der Waals surface area (Å²) < 4.78 is 0. The first kappa shape index (κ1) is 19.1. The minimum absolute atomic E-state index is 0.266. The van der Waals surface area contributed by atoms with E-state index in [1.807, 2.05) is 30.3 Å². The molecule has 1 aliphatic rings. The van der Waals surface area contributed by atoms with Crippen LogP contribution in [0.25, 0.3) is 0 Å². The van der Waals surface area contributed by atoms with E-state index < -0.39 is 23.7 Å². The van der Waals surface area contributed by atoms with Crippen LogP contribution in [-0.4, -0.2) is 22.9 Å². The summed E-state index contributed by atoms with van der Waals surface area (Å²) in [6.07, 6.45) is 3.31. The molecule has 1 heterocycles. The van der Waals surface area contributed by atoms with E-state index in [1.165, 1.54) is 11.3 Å². The normalized spacial score (nSPS) is 19.4. The van der Waals surface area contributed by atoms with E-state index in [9.17, 15) is 19.5 Å². The Labute approximate surface area is 161 Å². The number of amides is 2. The fourth-order valence-electron chi connectivity index (χ4n) is 3.55. The van der Waals surface area contributed by atoms with Crippen LogP contribution < -0.4 is 11.1 Å². The molecular weight excluding hydrogens is 364 g/mol. The molecule has 1 fully saturated rings.